The van der Waals surface area contributed by atoms with Crippen LogP contribution in [-0.2, 0) is 0 Å². The van der Waals surface area contributed by atoms with Gasteiger partial charge < -0.3 is 10.2 Å². The van der Waals surface area contributed by atoms with E-state index in [-0.39, 0.29) is 0 Å². The highest BCUT2D eigenvalue weighted by Crippen LogP contribution is 2.18. The number of hydrogen-bond donors (Lipinski definition) is 1. The summed E-state index contributed by atoms with van der Waals surface area (Å²) in [6, 6.07) is 9.38. The molecule has 1 aromatic carbocycles. The minimum atomic E-state index is 0.445. The molecule has 0 heterocycles. The Kier molecular flexibility index (Phi) is 6.06. The molecule has 1 rings (SSSR count). The average Bonchev–Trinajstić information content (AvgIpc) is 2.38. The van der Waals surface area contributed by atoms with Crippen LogP contribution in [0.4, 0.5) is 5.69 Å². The van der Waals surface area contributed by atoms with E-state index in [0.29, 0.717) is 6.04 Å². The lowest BCUT2D eigenvalue weighted by atomic mass is 10.1. The molecule has 1 aromatic rings. The maximum absolute atomic E-state index is 3.51. The van der Waals surface area contributed by atoms with Crippen LogP contribution >= 0.6 is 0 Å². The topological polar surface area (TPSA) is 15.3 Å². The van der Waals surface area contributed by atoms with E-state index in [1.165, 1.54) is 17.7 Å². The van der Waals surface area contributed by atoms with E-state index in [0.717, 1.165) is 19.6 Å². The lowest BCUT2D eigenvalue weighted by molar-refractivity contribution is 0.570. The fraction of sp³-hybridized carbons (Fsp3) is 0.600. The van der Waals surface area contributed by atoms with Gasteiger partial charge in [-0.1, -0.05) is 19.1 Å². The maximum atomic E-state index is 3.51. The minimum Gasteiger partial charge on any atom is -0.372 e. The first-order chi connectivity index (χ1) is 8.22. The van der Waals surface area contributed by atoms with Crippen molar-refractivity contribution in [3.63, 3.8) is 0 Å². The first kappa shape index (κ1) is 14.0. The van der Waals surface area contributed by atoms with Crippen molar-refractivity contribution in [1.29, 1.82) is 0 Å². The number of nitrogens with one attached hydrogen (secondary N) is 1. The van der Waals surface area contributed by atoms with Gasteiger partial charge in [0.25, 0.3) is 0 Å². The molecule has 96 valence electrons. The van der Waals surface area contributed by atoms with Gasteiger partial charge in [0.1, 0.15) is 0 Å². The zero-order valence-corrected chi connectivity index (χ0v) is 11.7. The molecule has 0 aromatic heterocycles. The zero-order valence-electron chi connectivity index (χ0n) is 11.7. The lowest BCUT2D eigenvalue weighted by Crippen LogP contribution is -2.22. The molecule has 0 aliphatic heterocycles. The summed E-state index contributed by atoms with van der Waals surface area (Å²) in [5.41, 5.74) is 2.69. The Morgan fingerprint density at radius 2 is 1.65 bits per heavy atom. The summed E-state index contributed by atoms with van der Waals surface area (Å²) in [6.07, 6.45) is 1.18. The predicted molar refractivity (Wildman–Crippen MR) is 76.7 cm³/mol. The van der Waals surface area contributed by atoms with Crippen molar-refractivity contribution in [3.05, 3.63) is 29.8 Å². The van der Waals surface area contributed by atoms with Crippen molar-refractivity contribution in [3.8, 4) is 0 Å². The summed E-state index contributed by atoms with van der Waals surface area (Å²) in [5.74, 6) is 0. The number of nitrogens with zero attached hydrogens (tertiary/aromatic N) is 1. The van der Waals surface area contributed by atoms with Gasteiger partial charge in [-0.15, -0.1) is 0 Å². The minimum absolute atomic E-state index is 0.445. The van der Waals surface area contributed by atoms with Crippen LogP contribution in [0, 0.1) is 0 Å². The third-order valence-corrected chi connectivity index (χ3v) is 3.22. The molecule has 0 saturated heterocycles. The van der Waals surface area contributed by atoms with Crippen LogP contribution in [0.5, 0.6) is 0 Å². The van der Waals surface area contributed by atoms with Gasteiger partial charge in [0.15, 0.2) is 0 Å². The van der Waals surface area contributed by atoms with Crippen LogP contribution in [0.15, 0.2) is 24.3 Å². The first-order valence-corrected chi connectivity index (χ1v) is 6.81. The summed E-state index contributed by atoms with van der Waals surface area (Å²) in [5, 5.41) is 3.51. The summed E-state index contributed by atoms with van der Waals surface area (Å²) in [7, 11) is 0. The van der Waals surface area contributed by atoms with Gasteiger partial charge in [-0.05, 0) is 51.4 Å². The Morgan fingerprint density at radius 1 is 1.06 bits per heavy atom. The van der Waals surface area contributed by atoms with Crippen LogP contribution in [0.1, 0.15) is 45.7 Å². The molecule has 1 N–H and O–H groups in total. The number of rotatable bonds is 7. The number of anilines is 1. The molecular formula is C15H26N2. The Hall–Kier alpha value is -1.02. The smallest absolute Gasteiger partial charge is 0.0366 e. The third kappa shape index (κ3) is 4.04. The summed E-state index contributed by atoms with van der Waals surface area (Å²) < 4.78 is 0. The van der Waals surface area contributed by atoms with Crippen molar-refractivity contribution >= 4 is 5.69 Å². The first-order valence-electron chi connectivity index (χ1n) is 6.81. The van der Waals surface area contributed by atoms with Gasteiger partial charge in [-0.25, -0.2) is 0 Å². The van der Waals surface area contributed by atoms with E-state index >= 15 is 0 Å². The highest BCUT2D eigenvalue weighted by Gasteiger charge is 2.05. The largest absolute Gasteiger partial charge is 0.372 e. The quantitative estimate of drug-likeness (QED) is 0.775. The van der Waals surface area contributed by atoms with Crippen LogP contribution < -0.4 is 10.2 Å². The average molecular weight is 234 g/mol. The fourth-order valence-corrected chi connectivity index (χ4v) is 2.04. The van der Waals surface area contributed by atoms with Gasteiger partial charge in [-0.2, -0.15) is 0 Å². The Bertz CT molecular complexity index is 301. The molecule has 2 nitrogen and oxygen atoms in total. The van der Waals surface area contributed by atoms with E-state index in [2.05, 4.69) is 62.2 Å². The van der Waals surface area contributed by atoms with Crippen molar-refractivity contribution in [2.75, 3.05) is 24.5 Å². The Balaban J connectivity index is 2.66. The molecule has 0 fully saturated rings. The molecule has 17 heavy (non-hydrogen) atoms. The SMILES string of the molecule is CCCNC(C)c1ccc(N(CC)CC)cc1. The summed E-state index contributed by atoms with van der Waals surface area (Å²) in [4.78, 5) is 2.37. The Labute approximate surface area is 106 Å². The van der Waals surface area contributed by atoms with Crippen molar-refractivity contribution in [2.24, 2.45) is 0 Å². The summed E-state index contributed by atoms with van der Waals surface area (Å²) >= 11 is 0. The van der Waals surface area contributed by atoms with E-state index < -0.39 is 0 Å². The molecule has 0 spiro atoms. The molecule has 1 unspecified atom stereocenters. The van der Waals surface area contributed by atoms with Crippen LogP contribution in [-0.4, -0.2) is 19.6 Å². The third-order valence-electron chi connectivity index (χ3n) is 3.22. The van der Waals surface area contributed by atoms with Crippen LogP contribution in [0.3, 0.4) is 0 Å². The molecule has 0 saturated carbocycles. The lowest BCUT2D eigenvalue weighted by Gasteiger charge is -2.22. The second-order valence-corrected chi connectivity index (χ2v) is 4.44. The zero-order chi connectivity index (χ0) is 12.7. The molecule has 0 amide bonds. The van der Waals surface area contributed by atoms with Gasteiger partial charge in [-0.3, -0.25) is 0 Å². The van der Waals surface area contributed by atoms with Crippen molar-refractivity contribution < 1.29 is 0 Å². The van der Waals surface area contributed by atoms with Gasteiger partial charge in [0.2, 0.25) is 0 Å². The highest BCUT2D eigenvalue weighted by molar-refractivity contribution is 5.47. The second kappa shape index (κ2) is 7.33. The second-order valence-electron chi connectivity index (χ2n) is 4.44. The molecule has 0 radical (unpaired) electrons. The predicted octanol–water partition coefficient (Wildman–Crippen LogP) is 3.59. The summed E-state index contributed by atoms with van der Waals surface area (Å²) in [6.45, 7) is 12.0. The normalized spacial score (nSPS) is 12.5. The maximum Gasteiger partial charge on any atom is 0.0366 e. The van der Waals surface area contributed by atoms with Gasteiger partial charge in [0.05, 0.1) is 0 Å². The Morgan fingerprint density at radius 3 is 2.12 bits per heavy atom. The van der Waals surface area contributed by atoms with E-state index in [1.54, 1.807) is 0 Å². The molecule has 0 aliphatic carbocycles. The number of hydrogen-bond acceptors (Lipinski definition) is 2. The molecule has 0 aliphatic rings. The fourth-order valence-electron chi connectivity index (χ4n) is 2.04. The van der Waals surface area contributed by atoms with E-state index in [4.69, 9.17) is 0 Å². The molecular weight excluding hydrogens is 208 g/mol. The molecule has 2 heteroatoms. The van der Waals surface area contributed by atoms with Gasteiger partial charge in [0, 0.05) is 24.8 Å². The van der Waals surface area contributed by atoms with Crippen molar-refractivity contribution in [1.82, 2.24) is 5.32 Å². The standard InChI is InChI=1S/C15H26N2/c1-5-12-16-13(4)14-8-10-15(11-9-14)17(6-2)7-3/h8-11,13,16H,5-7,12H2,1-4H3. The van der Waals surface area contributed by atoms with E-state index in [9.17, 15) is 0 Å². The molecule has 1 atom stereocenters. The highest BCUT2D eigenvalue weighted by atomic mass is 15.1. The van der Waals surface area contributed by atoms with Crippen LogP contribution in [0.25, 0.3) is 0 Å². The van der Waals surface area contributed by atoms with Crippen molar-refractivity contribution in [2.45, 2.75) is 40.2 Å². The molecule has 0 bridgehead atoms. The monoisotopic (exact) mass is 234 g/mol. The number of benzene rings is 1. The van der Waals surface area contributed by atoms with Gasteiger partial charge >= 0.3 is 0 Å². The van der Waals surface area contributed by atoms with E-state index in [1.807, 2.05) is 0 Å². The van der Waals surface area contributed by atoms with Crippen LogP contribution in [0.2, 0.25) is 0 Å².